The maximum atomic E-state index is 12.2. The molecule has 1 atom stereocenters. The van der Waals surface area contributed by atoms with E-state index in [9.17, 15) is 14.7 Å². The average Bonchev–Trinajstić information content (AvgIpc) is 2.54. The Morgan fingerprint density at radius 1 is 1.39 bits per heavy atom. The van der Waals surface area contributed by atoms with E-state index in [0.717, 1.165) is 0 Å². The average molecular weight is 385 g/mol. The lowest BCUT2D eigenvalue weighted by Crippen LogP contribution is -2.46. The topological polar surface area (TPSA) is 88.1 Å². The lowest BCUT2D eigenvalue weighted by atomic mass is 9.94. The van der Waals surface area contributed by atoms with Gasteiger partial charge in [0.15, 0.2) is 11.5 Å². The third-order valence-electron chi connectivity index (χ3n) is 3.76. The molecule has 2 rings (SSSR count). The first-order valence-corrected chi connectivity index (χ1v) is 7.50. The van der Waals surface area contributed by atoms with E-state index in [0.29, 0.717) is 21.3 Å². The van der Waals surface area contributed by atoms with Crippen LogP contribution in [0.25, 0.3) is 0 Å². The molecule has 1 aliphatic heterocycles. The van der Waals surface area contributed by atoms with Crippen LogP contribution < -0.4 is 10.1 Å². The SMILES string of the molecule is COC(=O)C1=C(C)N(C)C(=O)N[C@H]1c1cc(Br)c(O)c(OC)c1. The van der Waals surface area contributed by atoms with Crippen molar-refractivity contribution in [1.82, 2.24) is 10.2 Å². The summed E-state index contributed by atoms with van der Waals surface area (Å²) in [6.45, 7) is 1.67. The first kappa shape index (κ1) is 17.1. The number of allylic oxidation sites excluding steroid dienone is 1. The molecule has 2 N–H and O–H groups in total. The zero-order chi connectivity index (χ0) is 17.3. The molecule has 23 heavy (non-hydrogen) atoms. The Morgan fingerprint density at radius 2 is 2.04 bits per heavy atom. The maximum absolute atomic E-state index is 12.2. The molecular formula is C15H17BrN2O5. The summed E-state index contributed by atoms with van der Waals surface area (Å²) in [5.41, 5.74) is 1.38. The fourth-order valence-electron chi connectivity index (χ4n) is 2.38. The van der Waals surface area contributed by atoms with Crippen molar-refractivity contribution >= 4 is 27.9 Å². The highest BCUT2D eigenvalue weighted by Gasteiger charge is 2.35. The van der Waals surface area contributed by atoms with E-state index in [1.54, 1.807) is 26.1 Å². The van der Waals surface area contributed by atoms with Crippen molar-refractivity contribution in [2.24, 2.45) is 0 Å². The summed E-state index contributed by atoms with van der Waals surface area (Å²) < 4.78 is 10.3. The Hall–Kier alpha value is -2.22. The zero-order valence-electron chi connectivity index (χ0n) is 13.1. The smallest absolute Gasteiger partial charge is 0.337 e. The van der Waals surface area contributed by atoms with Crippen LogP contribution in [-0.2, 0) is 9.53 Å². The number of aromatic hydroxyl groups is 1. The Morgan fingerprint density at radius 3 is 2.61 bits per heavy atom. The summed E-state index contributed by atoms with van der Waals surface area (Å²) in [6.07, 6.45) is 0. The van der Waals surface area contributed by atoms with Gasteiger partial charge < -0.3 is 24.8 Å². The van der Waals surface area contributed by atoms with Crippen molar-refractivity contribution in [3.63, 3.8) is 0 Å². The van der Waals surface area contributed by atoms with Gasteiger partial charge in [-0.2, -0.15) is 0 Å². The van der Waals surface area contributed by atoms with Crippen LogP contribution in [0.3, 0.4) is 0 Å². The van der Waals surface area contributed by atoms with Crippen LogP contribution in [0, 0.1) is 0 Å². The lowest BCUT2D eigenvalue weighted by molar-refractivity contribution is -0.136. The largest absolute Gasteiger partial charge is 0.503 e. The number of hydrogen-bond acceptors (Lipinski definition) is 5. The maximum Gasteiger partial charge on any atom is 0.337 e. The number of phenols is 1. The van der Waals surface area contributed by atoms with Gasteiger partial charge in [0.25, 0.3) is 0 Å². The number of phenolic OH excluding ortho intramolecular Hbond substituents is 1. The van der Waals surface area contributed by atoms with Crippen molar-refractivity contribution < 1.29 is 24.2 Å². The predicted molar refractivity (Wildman–Crippen MR) is 86.1 cm³/mol. The monoisotopic (exact) mass is 384 g/mol. The molecule has 1 heterocycles. The van der Waals surface area contributed by atoms with Gasteiger partial charge in [-0.1, -0.05) is 0 Å². The van der Waals surface area contributed by atoms with E-state index < -0.39 is 12.0 Å². The number of carbonyl (C=O) groups excluding carboxylic acids is 2. The van der Waals surface area contributed by atoms with Crippen LogP contribution in [0.4, 0.5) is 4.79 Å². The molecule has 0 saturated heterocycles. The number of urea groups is 1. The van der Waals surface area contributed by atoms with Crippen molar-refractivity contribution in [3.05, 3.63) is 33.4 Å². The standard InChI is InChI=1S/C15H17BrN2O5/c1-7-11(14(20)23-4)12(17-15(21)18(7)2)8-5-9(16)13(19)10(6-8)22-3/h5-6,12,19H,1-4H3,(H,17,21)/t12-/m0/s1. The van der Waals surface area contributed by atoms with Gasteiger partial charge in [-0.25, -0.2) is 9.59 Å². The Balaban J connectivity index is 2.62. The van der Waals surface area contributed by atoms with Crippen molar-refractivity contribution in [3.8, 4) is 11.5 Å². The minimum Gasteiger partial charge on any atom is -0.503 e. The highest BCUT2D eigenvalue weighted by atomic mass is 79.9. The Labute approximate surface area is 142 Å². The molecule has 1 aromatic carbocycles. The predicted octanol–water partition coefficient (Wildman–Crippen LogP) is 2.31. The molecule has 0 spiro atoms. The molecule has 0 saturated carbocycles. The first-order valence-electron chi connectivity index (χ1n) is 6.71. The number of methoxy groups -OCH3 is 2. The normalized spacial score (nSPS) is 17.9. The number of nitrogens with one attached hydrogen (secondary N) is 1. The van der Waals surface area contributed by atoms with Crippen LogP contribution in [0.5, 0.6) is 11.5 Å². The summed E-state index contributed by atoms with van der Waals surface area (Å²) in [7, 11) is 4.27. The second-order valence-electron chi connectivity index (χ2n) is 4.99. The second-order valence-corrected chi connectivity index (χ2v) is 5.84. The van der Waals surface area contributed by atoms with Gasteiger partial charge in [0.1, 0.15) is 0 Å². The van der Waals surface area contributed by atoms with Gasteiger partial charge in [0, 0.05) is 12.7 Å². The quantitative estimate of drug-likeness (QED) is 0.780. The number of hydrogen-bond donors (Lipinski definition) is 2. The highest BCUT2D eigenvalue weighted by Crippen LogP contribution is 2.39. The third-order valence-corrected chi connectivity index (χ3v) is 4.37. The first-order chi connectivity index (χ1) is 10.8. The van der Waals surface area contributed by atoms with Gasteiger partial charge in [-0.05, 0) is 40.5 Å². The summed E-state index contributed by atoms with van der Waals surface area (Å²) in [5.74, 6) is -0.372. The van der Waals surface area contributed by atoms with Crippen LogP contribution in [-0.4, -0.2) is 43.3 Å². The fraction of sp³-hybridized carbons (Fsp3) is 0.333. The Kier molecular flexibility index (Phi) is 4.84. The number of ether oxygens (including phenoxy) is 2. The van der Waals surface area contributed by atoms with Crippen molar-refractivity contribution in [2.45, 2.75) is 13.0 Å². The summed E-state index contributed by atoms with van der Waals surface area (Å²) in [5, 5.41) is 12.7. The van der Waals surface area contributed by atoms with Crippen LogP contribution in [0.1, 0.15) is 18.5 Å². The van der Waals surface area contributed by atoms with Crippen LogP contribution >= 0.6 is 15.9 Å². The number of carbonyl (C=O) groups is 2. The Bertz CT molecular complexity index is 701. The van der Waals surface area contributed by atoms with Gasteiger partial charge in [0.05, 0.1) is 30.3 Å². The van der Waals surface area contributed by atoms with E-state index in [1.165, 1.54) is 19.1 Å². The molecular weight excluding hydrogens is 368 g/mol. The molecule has 0 radical (unpaired) electrons. The molecule has 1 aliphatic rings. The van der Waals surface area contributed by atoms with E-state index >= 15 is 0 Å². The molecule has 124 valence electrons. The number of amides is 2. The van der Waals surface area contributed by atoms with Gasteiger partial charge in [-0.3, -0.25) is 0 Å². The summed E-state index contributed by atoms with van der Waals surface area (Å²) in [4.78, 5) is 25.6. The second kappa shape index (κ2) is 6.49. The van der Waals surface area contributed by atoms with E-state index in [-0.39, 0.29) is 17.5 Å². The highest BCUT2D eigenvalue weighted by molar-refractivity contribution is 9.10. The van der Waals surface area contributed by atoms with E-state index in [1.807, 2.05) is 0 Å². The molecule has 0 aliphatic carbocycles. The molecule has 0 bridgehead atoms. The molecule has 0 unspecified atom stereocenters. The summed E-state index contributed by atoms with van der Waals surface area (Å²) in [6, 6.07) is 2.12. The number of halogens is 1. The molecule has 7 nitrogen and oxygen atoms in total. The summed E-state index contributed by atoms with van der Waals surface area (Å²) >= 11 is 3.24. The third kappa shape index (κ3) is 2.98. The molecule has 8 heteroatoms. The van der Waals surface area contributed by atoms with E-state index in [2.05, 4.69) is 21.2 Å². The number of rotatable bonds is 3. The van der Waals surface area contributed by atoms with Gasteiger partial charge >= 0.3 is 12.0 Å². The molecule has 0 fully saturated rings. The van der Waals surface area contributed by atoms with Crippen LogP contribution in [0.2, 0.25) is 0 Å². The van der Waals surface area contributed by atoms with Gasteiger partial charge in [0.2, 0.25) is 0 Å². The molecule has 2 amide bonds. The van der Waals surface area contributed by atoms with Crippen molar-refractivity contribution in [2.75, 3.05) is 21.3 Å². The molecule has 0 aromatic heterocycles. The lowest BCUT2D eigenvalue weighted by Gasteiger charge is -2.33. The number of esters is 1. The fourth-order valence-corrected chi connectivity index (χ4v) is 2.84. The zero-order valence-corrected chi connectivity index (χ0v) is 14.7. The number of benzene rings is 1. The van der Waals surface area contributed by atoms with Gasteiger partial charge in [-0.15, -0.1) is 0 Å². The van der Waals surface area contributed by atoms with Crippen LogP contribution in [0.15, 0.2) is 27.9 Å². The molecule has 1 aromatic rings. The number of nitrogens with zero attached hydrogens (tertiary/aromatic N) is 1. The van der Waals surface area contributed by atoms with Crippen molar-refractivity contribution in [1.29, 1.82) is 0 Å². The minimum atomic E-state index is -0.711. The minimum absolute atomic E-state index is 0.0594. The van der Waals surface area contributed by atoms with E-state index in [4.69, 9.17) is 9.47 Å².